The molecule has 7 heteroatoms. The predicted molar refractivity (Wildman–Crippen MR) is 102 cm³/mol. The Morgan fingerprint density at radius 1 is 1.19 bits per heavy atom. The molecule has 0 bridgehead atoms. The van der Waals surface area contributed by atoms with Crippen molar-refractivity contribution in [2.24, 2.45) is 11.8 Å². The number of rotatable bonds is 5. The second-order valence-corrected chi connectivity index (χ2v) is 8.33. The van der Waals surface area contributed by atoms with Crippen molar-refractivity contribution in [1.29, 1.82) is 0 Å². The minimum atomic E-state index is -0.762. The Balaban J connectivity index is 1.38. The van der Waals surface area contributed by atoms with Gasteiger partial charge >= 0.3 is 5.97 Å². The van der Waals surface area contributed by atoms with Crippen molar-refractivity contribution in [2.45, 2.75) is 31.9 Å². The van der Waals surface area contributed by atoms with E-state index < -0.39 is 11.9 Å². The normalized spacial score (nSPS) is 23.6. The van der Waals surface area contributed by atoms with Gasteiger partial charge in [0.25, 0.3) is 5.91 Å². The van der Waals surface area contributed by atoms with Gasteiger partial charge in [0.15, 0.2) is 0 Å². The molecule has 2 aromatic rings. The Labute approximate surface area is 162 Å². The van der Waals surface area contributed by atoms with Crippen LogP contribution in [-0.2, 0) is 16.1 Å². The zero-order valence-corrected chi connectivity index (χ0v) is 15.9. The number of piperidine rings is 1. The number of aliphatic carboxylic acids is 1. The van der Waals surface area contributed by atoms with Gasteiger partial charge < -0.3 is 19.3 Å². The lowest BCUT2D eigenvalue weighted by molar-refractivity contribution is -0.145. The summed E-state index contributed by atoms with van der Waals surface area (Å²) in [6.07, 6.45) is 3.93. The summed E-state index contributed by atoms with van der Waals surface area (Å²) < 4.78 is 7.73. The number of amides is 1. The summed E-state index contributed by atoms with van der Waals surface area (Å²) in [7, 11) is 0. The van der Waals surface area contributed by atoms with E-state index in [-0.39, 0.29) is 17.9 Å². The van der Waals surface area contributed by atoms with Crippen LogP contribution in [0, 0.1) is 11.8 Å². The number of ether oxygens (including phenoxy) is 1. The molecule has 1 amide bonds. The molecular formula is C20H24N2O4S. The number of thiophene rings is 1. The van der Waals surface area contributed by atoms with Crippen LogP contribution in [0.15, 0.2) is 35.8 Å². The predicted octanol–water partition coefficient (Wildman–Crippen LogP) is 2.94. The highest BCUT2D eigenvalue weighted by atomic mass is 32.1. The van der Waals surface area contributed by atoms with E-state index in [1.807, 2.05) is 39.2 Å². The first-order chi connectivity index (χ1) is 13.1. The highest BCUT2D eigenvalue weighted by molar-refractivity contribution is 7.09. The molecule has 0 saturated carbocycles. The van der Waals surface area contributed by atoms with E-state index in [0.717, 1.165) is 12.8 Å². The molecule has 0 spiro atoms. The van der Waals surface area contributed by atoms with Gasteiger partial charge in [-0.05, 0) is 48.8 Å². The molecule has 1 N–H and O–H groups in total. The fraction of sp³-hybridized carbons (Fsp3) is 0.500. The number of carboxylic acids is 1. The zero-order chi connectivity index (χ0) is 18.8. The van der Waals surface area contributed by atoms with Gasteiger partial charge in [0.1, 0.15) is 5.69 Å². The fourth-order valence-corrected chi connectivity index (χ4v) is 4.95. The maximum atomic E-state index is 13.0. The molecule has 4 rings (SSSR count). The lowest BCUT2D eigenvalue weighted by atomic mass is 9.84. The fourth-order valence-electron chi connectivity index (χ4n) is 4.25. The van der Waals surface area contributed by atoms with Crippen LogP contribution in [0.4, 0.5) is 0 Å². The lowest BCUT2D eigenvalue weighted by Gasteiger charge is -2.35. The standard InChI is InChI=1S/C20H24N2O4S/c23-19(17-4-1-8-22(17)13-15-3-2-12-27-15)21-9-5-14(6-10-21)18-16(20(24)25)7-11-26-18/h1-4,8,12,14,16,18H,5-7,9-11,13H2,(H,24,25)/t16?,18-/m0/s1. The van der Waals surface area contributed by atoms with Gasteiger partial charge in [0.05, 0.1) is 18.6 Å². The van der Waals surface area contributed by atoms with Gasteiger partial charge in [-0.1, -0.05) is 6.07 Å². The highest BCUT2D eigenvalue weighted by Gasteiger charge is 2.41. The van der Waals surface area contributed by atoms with Crippen molar-refractivity contribution in [3.63, 3.8) is 0 Å². The third kappa shape index (κ3) is 3.80. The maximum Gasteiger partial charge on any atom is 0.309 e. The average Bonchev–Trinajstić information content (AvgIpc) is 3.43. The van der Waals surface area contributed by atoms with E-state index in [0.29, 0.717) is 38.4 Å². The molecule has 2 aromatic heterocycles. The van der Waals surface area contributed by atoms with Crippen molar-refractivity contribution >= 4 is 23.2 Å². The number of carbonyl (C=O) groups is 2. The SMILES string of the molecule is O=C(O)C1CCO[C@H]1C1CCN(C(=O)c2cccn2Cc2cccs2)CC1. The van der Waals surface area contributed by atoms with Crippen LogP contribution in [0.2, 0.25) is 0 Å². The summed E-state index contributed by atoms with van der Waals surface area (Å²) >= 11 is 1.69. The Morgan fingerprint density at radius 3 is 2.70 bits per heavy atom. The van der Waals surface area contributed by atoms with Crippen LogP contribution in [-0.4, -0.2) is 52.3 Å². The number of carbonyl (C=O) groups excluding carboxylic acids is 1. The minimum absolute atomic E-state index is 0.0529. The number of hydrogen-bond acceptors (Lipinski definition) is 4. The van der Waals surface area contributed by atoms with Crippen LogP contribution in [0.5, 0.6) is 0 Å². The number of aromatic nitrogens is 1. The summed E-state index contributed by atoms with van der Waals surface area (Å²) in [5, 5.41) is 11.4. The number of likely N-dealkylation sites (tertiary alicyclic amines) is 1. The first-order valence-electron chi connectivity index (χ1n) is 9.44. The summed E-state index contributed by atoms with van der Waals surface area (Å²) in [6.45, 7) is 2.54. The van der Waals surface area contributed by atoms with E-state index in [1.54, 1.807) is 11.3 Å². The smallest absolute Gasteiger partial charge is 0.309 e. The lowest BCUT2D eigenvalue weighted by Crippen LogP contribution is -2.43. The number of nitrogens with zero attached hydrogens (tertiary/aromatic N) is 2. The molecule has 6 nitrogen and oxygen atoms in total. The monoisotopic (exact) mass is 388 g/mol. The average molecular weight is 388 g/mol. The molecule has 2 fully saturated rings. The quantitative estimate of drug-likeness (QED) is 0.855. The molecular weight excluding hydrogens is 364 g/mol. The van der Waals surface area contributed by atoms with Crippen molar-refractivity contribution in [3.05, 3.63) is 46.4 Å². The van der Waals surface area contributed by atoms with Crippen molar-refractivity contribution in [3.8, 4) is 0 Å². The summed E-state index contributed by atoms with van der Waals surface area (Å²) in [4.78, 5) is 27.5. The Kier molecular flexibility index (Phi) is 5.31. The zero-order valence-electron chi connectivity index (χ0n) is 15.1. The topological polar surface area (TPSA) is 71.8 Å². The molecule has 2 aliphatic heterocycles. The number of carboxylic acid groups (broad SMARTS) is 1. The second-order valence-electron chi connectivity index (χ2n) is 7.30. The van der Waals surface area contributed by atoms with Gasteiger partial charge in [-0.2, -0.15) is 0 Å². The first kappa shape index (κ1) is 18.3. The summed E-state index contributed by atoms with van der Waals surface area (Å²) in [5.74, 6) is -0.893. The first-order valence-corrected chi connectivity index (χ1v) is 10.3. The molecule has 2 saturated heterocycles. The highest BCUT2D eigenvalue weighted by Crippen LogP contribution is 2.33. The molecule has 0 radical (unpaired) electrons. The second kappa shape index (κ2) is 7.86. The van der Waals surface area contributed by atoms with Gasteiger partial charge in [-0.15, -0.1) is 11.3 Å². The third-order valence-corrected chi connectivity index (χ3v) is 6.56. The molecule has 1 unspecified atom stereocenters. The van der Waals surface area contributed by atoms with Crippen molar-refractivity contribution < 1.29 is 19.4 Å². The molecule has 2 aliphatic rings. The van der Waals surface area contributed by atoms with Crippen molar-refractivity contribution in [1.82, 2.24) is 9.47 Å². The largest absolute Gasteiger partial charge is 0.481 e. The van der Waals surface area contributed by atoms with Gasteiger partial charge in [-0.3, -0.25) is 9.59 Å². The molecule has 4 heterocycles. The van der Waals surface area contributed by atoms with E-state index in [4.69, 9.17) is 4.74 Å². The van der Waals surface area contributed by atoms with E-state index in [1.165, 1.54) is 4.88 Å². The minimum Gasteiger partial charge on any atom is -0.481 e. The van der Waals surface area contributed by atoms with Crippen LogP contribution in [0.3, 0.4) is 0 Å². The van der Waals surface area contributed by atoms with E-state index >= 15 is 0 Å². The van der Waals surface area contributed by atoms with Crippen LogP contribution in [0.25, 0.3) is 0 Å². The van der Waals surface area contributed by atoms with Crippen LogP contribution >= 0.6 is 11.3 Å². The number of hydrogen-bond donors (Lipinski definition) is 1. The Bertz CT molecular complexity index is 793. The summed E-state index contributed by atoms with van der Waals surface area (Å²) in [6, 6.07) is 7.89. The van der Waals surface area contributed by atoms with E-state index in [9.17, 15) is 14.7 Å². The van der Waals surface area contributed by atoms with Gasteiger partial charge in [0, 0.05) is 30.8 Å². The Morgan fingerprint density at radius 2 is 2.00 bits per heavy atom. The third-order valence-electron chi connectivity index (χ3n) is 5.70. The van der Waals surface area contributed by atoms with Gasteiger partial charge in [0.2, 0.25) is 0 Å². The summed E-state index contributed by atoms with van der Waals surface area (Å²) in [5.41, 5.74) is 0.711. The molecule has 144 valence electrons. The molecule has 0 aliphatic carbocycles. The molecule has 27 heavy (non-hydrogen) atoms. The van der Waals surface area contributed by atoms with Gasteiger partial charge in [-0.25, -0.2) is 0 Å². The molecule has 2 atom stereocenters. The van der Waals surface area contributed by atoms with Crippen LogP contribution in [0.1, 0.15) is 34.6 Å². The van der Waals surface area contributed by atoms with Crippen molar-refractivity contribution in [2.75, 3.05) is 19.7 Å². The maximum absolute atomic E-state index is 13.0. The molecule has 0 aromatic carbocycles. The van der Waals surface area contributed by atoms with E-state index in [2.05, 4.69) is 6.07 Å². The van der Waals surface area contributed by atoms with Crippen LogP contribution < -0.4 is 0 Å². The Hall–Kier alpha value is -2.12.